The van der Waals surface area contributed by atoms with Crippen LogP contribution in [0.3, 0.4) is 0 Å². The molecule has 43 heavy (non-hydrogen) atoms. The highest BCUT2D eigenvalue weighted by atomic mass is 31.2. The lowest BCUT2D eigenvalue weighted by Gasteiger charge is -2.73. The van der Waals surface area contributed by atoms with Gasteiger partial charge in [0.05, 0.1) is 47.6 Å². The molecule has 0 aromatic heterocycles. The van der Waals surface area contributed by atoms with Gasteiger partial charge in [0, 0.05) is 30.3 Å². The van der Waals surface area contributed by atoms with Crippen LogP contribution in [0, 0.1) is 28.6 Å². The van der Waals surface area contributed by atoms with Crippen LogP contribution in [-0.2, 0) is 37.1 Å². The van der Waals surface area contributed by atoms with Crippen molar-refractivity contribution >= 4 is 13.8 Å². The molecule has 8 fully saturated rings. The van der Waals surface area contributed by atoms with Gasteiger partial charge in [-0.2, -0.15) is 0 Å². The second kappa shape index (κ2) is 9.32. The molecule has 13 nitrogen and oxygen atoms in total. The summed E-state index contributed by atoms with van der Waals surface area (Å²) in [7, 11) is -3.88. The van der Waals surface area contributed by atoms with Gasteiger partial charge < -0.3 is 39.7 Å². The molecule has 5 heterocycles. The summed E-state index contributed by atoms with van der Waals surface area (Å²) in [5, 5.41) is 55.7. The molecule has 4 saturated carbocycles. The molecule has 0 aromatic carbocycles. The number of phosphoric acid groups is 1. The number of esters is 1. The van der Waals surface area contributed by atoms with Gasteiger partial charge in [0.15, 0.2) is 6.29 Å². The molecule has 240 valence electrons. The molecule has 4 bridgehead atoms. The molecule has 0 aromatic rings. The van der Waals surface area contributed by atoms with Gasteiger partial charge >= 0.3 is 13.8 Å². The van der Waals surface area contributed by atoms with E-state index in [1.807, 2.05) is 6.92 Å². The standard InChI is InChI=1S/C29H41O13P/c1-13-22(32)23(33)24(34)25(39-13)40-15-8-19-28-12-38-43(36,41-19)42-27(28,9-15)5-3-17-21(28)18(30)10-26(2)16(4-6-29(17,26)35)14-7-20(31)37-11-14/h7,13,15-19,21-25,30,32-35H,3-6,8-12H2,1-2H3/t13-,15-,16+,17?,18+,19+,21+,22-,23+,24+,25-,26+,27-,28+,29-,43?/m0/s1. The van der Waals surface area contributed by atoms with E-state index >= 15 is 0 Å². The fourth-order valence-electron chi connectivity index (χ4n) is 10.9. The largest absolute Gasteiger partial charge is 0.475 e. The van der Waals surface area contributed by atoms with E-state index in [1.165, 1.54) is 6.08 Å². The van der Waals surface area contributed by atoms with E-state index < -0.39 is 84.8 Å². The SMILES string of the molecule is C[C@@H]1O[C@@H](O[C@H]2C[C@H]3OP4(=O)OC[C@]35[C@@H]3C(CC[C@@]5(C2)O4)[C@@]2(O)CC[C@H](C4=CC(=O)OC4)[C@@]2(C)C[C@H]3O)[C@H](O)[C@H](O)[C@H]1O. The predicted octanol–water partition coefficient (Wildman–Crippen LogP) is 0.693. The van der Waals surface area contributed by atoms with E-state index in [0.29, 0.717) is 32.1 Å². The fourth-order valence-corrected chi connectivity index (χ4v) is 12.8. The molecule has 9 aliphatic rings. The number of fused-ring (bicyclic) bond motifs is 4. The van der Waals surface area contributed by atoms with Crippen molar-refractivity contribution in [3.05, 3.63) is 11.6 Å². The number of cyclic esters (lactones) is 1. The van der Waals surface area contributed by atoms with Crippen molar-refractivity contribution in [1.29, 1.82) is 0 Å². The lowest BCUT2D eigenvalue weighted by molar-refractivity contribution is -0.361. The van der Waals surface area contributed by atoms with Crippen LogP contribution < -0.4 is 0 Å². The van der Waals surface area contributed by atoms with Crippen LogP contribution in [0.1, 0.15) is 58.8 Å². The zero-order valence-corrected chi connectivity index (χ0v) is 25.1. The Balaban J connectivity index is 1.12. The predicted molar refractivity (Wildman–Crippen MR) is 143 cm³/mol. The summed E-state index contributed by atoms with van der Waals surface area (Å²) in [6, 6.07) is 0. The van der Waals surface area contributed by atoms with Gasteiger partial charge in [0.25, 0.3) is 0 Å². The van der Waals surface area contributed by atoms with Crippen LogP contribution >= 0.6 is 7.82 Å². The molecule has 2 unspecified atom stereocenters. The summed E-state index contributed by atoms with van der Waals surface area (Å²) in [6.07, 6.45) is -3.85. The van der Waals surface area contributed by atoms with Gasteiger partial charge in [-0.05, 0) is 56.4 Å². The number of ether oxygens (including phenoxy) is 3. The molecule has 0 amide bonds. The van der Waals surface area contributed by atoms with Crippen LogP contribution in [0.5, 0.6) is 0 Å². The first-order valence-corrected chi connectivity index (χ1v) is 17.0. The third-order valence-corrected chi connectivity index (χ3v) is 14.4. The Labute approximate surface area is 249 Å². The summed E-state index contributed by atoms with van der Waals surface area (Å²) < 4.78 is 48.8. The van der Waals surface area contributed by atoms with Crippen molar-refractivity contribution in [3.63, 3.8) is 0 Å². The number of phosphoric ester groups is 1. The number of carbonyl (C=O) groups is 1. The number of aliphatic hydroxyl groups is 5. The highest BCUT2D eigenvalue weighted by Crippen LogP contribution is 2.80. The second-order valence-electron chi connectivity index (χ2n) is 14.5. The first-order chi connectivity index (χ1) is 20.3. The Morgan fingerprint density at radius 3 is 2.60 bits per heavy atom. The molecule has 5 aliphatic heterocycles. The highest BCUT2D eigenvalue weighted by Gasteiger charge is 2.81. The Hall–Kier alpha value is -0.960. The van der Waals surface area contributed by atoms with Crippen LogP contribution in [0.15, 0.2) is 11.6 Å². The molecule has 1 spiro atoms. The zero-order chi connectivity index (χ0) is 30.3. The molecule has 4 saturated heterocycles. The van der Waals surface area contributed by atoms with Crippen molar-refractivity contribution in [2.24, 2.45) is 28.6 Å². The molecule has 14 heteroatoms. The Morgan fingerprint density at radius 2 is 1.86 bits per heavy atom. The smallest absolute Gasteiger partial charge is 0.458 e. The molecule has 16 atom stereocenters. The number of hydrogen-bond donors (Lipinski definition) is 5. The van der Waals surface area contributed by atoms with Gasteiger partial charge in [0.1, 0.15) is 24.9 Å². The maximum absolute atomic E-state index is 13.5. The van der Waals surface area contributed by atoms with Crippen molar-refractivity contribution < 1.29 is 62.7 Å². The topological polar surface area (TPSA) is 191 Å². The van der Waals surface area contributed by atoms with E-state index in [2.05, 4.69) is 0 Å². The quantitative estimate of drug-likeness (QED) is 0.167. The summed E-state index contributed by atoms with van der Waals surface area (Å²) in [5.74, 6) is -1.30. The number of rotatable bonds is 3. The number of carbonyl (C=O) groups excluding carboxylic acids is 1. The normalized spacial score (nSPS) is 60.5. The maximum atomic E-state index is 13.5. The van der Waals surface area contributed by atoms with Gasteiger partial charge in [0.2, 0.25) is 0 Å². The third-order valence-electron chi connectivity index (χ3n) is 12.8. The van der Waals surface area contributed by atoms with Crippen LogP contribution in [0.2, 0.25) is 0 Å². The van der Waals surface area contributed by atoms with E-state index in [-0.39, 0.29) is 43.9 Å². The first kappa shape index (κ1) is 29.4. The second-order valence-corrected chi connectivity index (χ2v) is 16.1. The van der Waals surface area contributed by atoms with E-state index in [0.717, 1.165) is 5.57 Å². The van der Waals surface area contributed by atoms with Gasteiger partial charge in [-0.25, -0.2) is 9.36 Å². The van der Waals surface area contributed by atoms with Crippen molar-refractivity contribution in [2.45, 2.75) is 119 Å². The fraction of sp³-hybridized carbons (Fsp3) is 0.897. The van der Waals surface area contributed by atoms with Gasteiger partial charge in [-0.1, -0.05) is 6.92 Å². The summed E-state index contributed by atoms with van der Waals surface area (Å²) in [6.45, 7) is 3.85. The van der Waals surface area contributed by atoms with Crippen molar-refractivity contribution in [3.8, 4) is 0 Å². The van der Waals surface area contributed by atoms with Crippen LogP contribution in [0.4, 0.5) is 0 Å². The molecular weight excluding hydrogens is 587 g/mol. The molecule has 5 N–H and O–H groups in total. The first-order valence-electron chi connectivity index (χ1n) is 15.5. The minimum absolute atomic E-state index is 0.0497. The Bertz CT molecular complexity index is 1290. The average Bonchev–Trinajstić information content (AvgIpc) is 3.48. The average molecular weight is 629 g/mol. The van der Waals surface area contributed by atoms with Gasteiger partial charge in [-0.3, -0.25) is 13.6 Å². The highest BCUT2D eigenvalue weighted by molar-refractivity contribution is 7.48. The Kier molecular flexibility index (Phi) is 6.38. The lowest BCUT2D eigenvalue weighted by Crippen LogP contribution is -2.79. The third kappa shape index (κ3) is 3.70. The summed E-state index contributed by atoms with van der Waals surface area (Å²) >= 11 is 0. The number of hydrogen-bond acceptors (Lipinski definition) is 13. The molecule has 9 rings (SSSR count). The minimum Gasteiger partial charge on any atom is -0.458 e. The van der Waals surface area contributed by atoms with E-state index in [4.69, 9.17) is 27.8 Å². The Morgan fingerprint density at radius 1 is 1.07 bits per heavy atom. The number of aliphatic hydroxyl groups excluding tert-OH is 4. The lowest BCUT2D eigenvalue weighted by atomic mass is 9.40. The molecule has 0 radical (unpaired) electrons. The van der Waals surface area contributed by atoms with E-state index in [1.54, 1.807) is 6.92 Å². The van der Waals surface area contributed by atoms with Crippen molar-refractivity contribution in [2.75, 3.05) is 13.2 Å². The summed E-state index contributed by atoms with van der Waals surface area (Å²) in [4.78, 5) is 11.9. The molecule has 4 aliphatic carbocycles. The molecular formula is C29H41O13P. The monoisotopic (exact) mass is 628 g/mol. The summed E-state index contributed by atoms with van der Waals surface area (Å²) in [5.41, 5.74) is -2.93. The van der Waals surface area contributed by atoms with Crippen LogP contribution in [0.25, 0.3) is 0 Å². The minimum atomic E-state index is -3.88. The van der Waals surface area contributed by atoms with Crippen LogP contribution in [-0.4, -0.2) is 105 Å². The zero-order valence-electron chi connectivity index (χ0n) is 24.2. The van der Waals surface area contributed by atoms with Crippen molar-refractivity contribution in [1.82, 2.24) is 0 Å². The maximum Gasteiger partial charge on any atom is 0.475 e. The van der Waals surface area contributed by atoms with Gasteiger partial charge in [-0.15, -0.1) is 0 Å². The van der Waals surface area contributed by atoms with E-state index in [9.17, 15) is 34.9 Å².